The number of hydrogen-bond donors (Lipinski definition) is 2. The highest BCUT2D eigenvalue weighted by molar-refractivity contribution is 6.10. The smallest absolute Gasteiger partial charge is 0.248 e. The molecule has 7 nitrogen and oxygen atoms in total. The van der Waals surface area contributed by atoms with Gasteiger partial charge in [-0.1, -0.05) is 36.8 Å². The third-order valence-electron chi connectivity index (χ3n) is 5.96. The monoisotopic (exact) mass is 488 g/mol. The molecule has 3 aromatic carbocycles. The fourth-order valence-corrected chi connectivity index (χ4v) is 4.07. The lowest BCUT2D eigenvalue weighted by Crippen LogP contribution is -2.24. The number of hydrogen-bond acceptors (Lipinski definition) is 4. The second kappa shape index (κ2) is 10.2. The Morgan fingerprint density at radius 1 is 1.05 bits per heavy atom. The number of aryl methyl sites for hydroxylation is 1. The third-order valence-corrected chi connectivity index (χ3v) is 5.96. The number of nitrogens with zero attached hydrogens (tertiary/aromatic N) is 2. The van der Waals surface area contributed by atoms with Crippen LogP contribution in [0.2, 0.25) is 0 Å². The molecule has 0 radical (unpaired) electrons. The van der Waals surface area contributed by atoms with Crippen molar-refractivity contribution in [3.63, 3.8) is 0 Å². The molecule has 0 fully saturated rings. The van der Waals surface area contributed by atoms with Crippen LogP contribution in [0.4, 0.5) is 17.1 Å². The molecule has 0 saturated heterocycles. The van der Waals surface area contributed by atoms with Gasteiger partial charge in [0.1, 0.15) is 0 Å². The van der Waals surface area contributed by atoms with E-state index < -0.39 is 5.91 Å². The van der Waals surface area contributed by atoms with Gasteiger partial charge in [-0.25, -0.2) is 0 Å². The molecule has 0 spiro atoms. The molecule has 0 bridgehead atoms. The van der Waals surface area contributed by atoms with Gasteiger partial charge in [0.15, 0.2) is 0 Å². The van der Waals surface area contributed by atoms with E-state index >= 15 is 0 Å². The van der Waals surface area contributed by atoms with E-state index in [0.29, 0.717) is 39.1 Å². The van der Waals surface area contributed by atoms with Crippen LogP contribution in [0.5, 0.6) is 0 Å². The molecule has 3 N–H and O–H groups in total. The van der Waals surface area contributed by atoms with Crippen LogP contribution in [-0.4, -0.2) is 22.7 Å². The number of aromatic nitrogens is 1. The SMILES string of the molecule is C#Cc1cnc2ccc(-c3ccc(C(N)=O)cc3)cc2c1N(C(C)=O)c1ccc(C)c(NC(=O)C=C)c1. The van der Waals surface area contributed by atoms with Gasteiger partial charge < -0.3 is 11.1 Å². The Morgan fingerprint density at radius 3 is 2.38 bits per heavy atom. The van der Waals surface area contributed by atoms with E-state index in [-0.39, 0.29) is 11.8 Å². The number of rotatable bonds is 6. The molecule has 0 unspecified atom stereocenters. The number of carbonyl (C=O) groups excluding carboxylic acids is 3. The molecule has 4 aromatic rings. The molecule has 37 heavy (non-hydrogen) atoms. The first-order valence-corrected chi connectivity index (χ1v) is 11.4. The number of primary amides is 1. The second-order valence-corrected chi connectivity index (χ2v) is 8.39. The molecule has 4 rings (SSSR count). The van der Waals surface area contributed by atoms with Crippen LogP contribution >= 0.6 is 0 Å². The first-order chi connectivity index (χ1) is 17.7. The Bertz CT molecular complexity index is 1610. The van der Waals surface area contributed by atoms with Crippen molar-refractivity contribution in [2.24, 2.45) is 5.73 Å². The first kappa shape index (κ1) is 24.9. The van der Waals surface area contributed by atoms with Crippen LogP contribution in [0.25, 0.3) is 22.0 Å². The fourth-order valence-electron chi connectivity index (χ4n) is 4.07. The number of pyridine rings is 1. The van der Waals surface area contributed by atoms with Gasteiger partial charge in [0.05, 0.1) is 22.5 Å². The van der Waals surface area contributed by atoms with Gasteiger partial charge in [-0.15, -0.1) is 6.42 Å². The summed E-state index contributed by atoms with van der Waals surface area (Å²) in [4.78, 5) is 42.5. The minimum atomic E-state index is -0.506. The first-order valence-electron chi connectivity index (χ1n) is 11.4. The summed E-state index contributed by atoms with van der Waals surface area (Å²) in [5.74, 6) is 1.51. The Morgan fingerprint density at radius 2 is 1.76 bits per heavy atom. The number of benzene rings is 3. The predicted molar refractivity (Wildman–Crippen MR) is 146 cm³/mol. The summed E-state index contributed by atoms with van der Waals surface area (Å²) >= 11 is 0. The van der Waals surface area contributed by atoms with Crippen molar-refractivity contribution >= 4 is 45.7 Å². The minimum Gasteiger partial charge on any atom is -0.366 e. The van der Waals surface area contributed by atoms with Crippen LogP contribution in [0, 0.1) is 19.3 Å². The number of carbonyl (C=O) groups is 3. The van der Waals surface area contributed by atoms with Gasteiger partial charge in [-0.2, -0.15) is 0 Å². The van der Waals surface area contributed by atoms with Gasteiger partial charge in [-0.05, 0) is 66.1 Å². The molecule has 1 heterocycles. The van der Waals surface area contributed by atoms with E-state index in [9.17, 15) is 14.4 Å². The molecule has 0 aliphatic heterocycles. The quantitative estimate of drug-likeness (QED) is 0.291. The highest BCUT2D eigenvalue weighted by Gasteiger charge is 2.22. The molecule has 0 aliphatic rings. The summed E-state index contributed by atoms with van der Waals surface area (Å²) in [6, 6.07) is 17.9. The lowest BCUT2D eigenvalue weighted by atomic mass is 9.99. The highest BCUT2D eigenvalue weighted by Crippen LogP contribution is 2.38. The van der Waals surface area contributed by atoms with Crippen LogP contribution < -0.4 is 16.0 Å². The van der Waals surface area contributed by atoms with Crippen LogP contribution in [0.1, 0.15) is 28.4 Å². The molecule has 3 amide bonds. The Labute approximate surface area is 214 Å². The van der Waals surface area contributed by atoms with Gasteiger partial charge in [-0.3, -0.25) is 24.3 Å². The van der Waals surface area contributed by atoms with E-state index in [4.69, 9.17) is 12.2 Å². The normalized spacial score (nSPS) is 10.4. The zero-order valence-electron chi connectivity index (χ0n) is 20.4. The van der Waals surface area contributed by atoms with E-state index in [1.165, 1.54) is 17.9 Å². The molecule has 0 atom stereocenters. The van der Waals surface area contributed by atoms with Gasteiger partial charge in [0, 0.05) is 29.8 Å². The van der Waals surface area contributed by atoms with Crippen molar-refractivity contribution in [3.8, 4) is 23.5 Å². The molecule has 0 aliphatic carbocycles. The largest absolute Gasteiger partial charge is 0.366 e. The molecule has 182 valence electrons. The summed E-state index contributed by atoms with van der Waals surface area (Å²) in [5, 5.41) is 3.44. The maximum absolute atomic E-state index is 13.1. The number of amides is 3. The maximum Gasteiger partial charge on any atom is 0.248 e. The minimum absolute atomic E-state index is 0.273. The number of anilines is 3. The lowest BCUT2D eigenvalue weighted by Gasteiger charge is -2.25. The zero-order valence-corrected chi connectivity index (χ0v) is 20.4. The highest BCUT2D eigenvalue weighted by atomic mass is 16.2. The zero-order chi connectivity index (χ0) is 26.7. The summed E-state index contributed by atoms with van der Waals surface area (Å²) in [7, 11) is 0. The number of fused-ring (bicyclic) bond motifs is 1. The molecular weight excluding hydrogens is 464 g/mol. The second-order valence-electron chi connectivity index (χ2n) is 8.39. The number of terminal acetylenes is 1. The van der Waals surface area contributed by atoms with Crippen molar-refractivity contribution in [2.75, 3.05) is 10.2 Å². The van der Waals surface area contributed by atoms with Crippen molar-refractivity contribution in [1.82, 2.24) is 4.98 Å². The summed E-state index contributed by atoms with van der Waals surface area (Å²) < 4.78 is 0. The Kier molecular flexibility index (Phi) is 6.85. The van der Waals surface area contributed by atoms with Gasteiger partial charge >= 0.3 is 0 Å². The van der Waals surface area contributed by atoms with Gasteiger partial charge in [0.25, 0.3) is 0 Å². The summed E-state index contributed by atoms with van der Waals surface area (Å²) in [6.07, 6.45) is 8.59. The Balaban J connectivity index is 1.93. The lowest BCUT2D eigenvalue weighted by molar-refractivity contribution is -0.116. The van der Waals surface area contributed by atoms with E-state index in [2.05, 4.69) is 22.8 Å². The topological polar surface area (TPSA) is 105 Å². The number of nitrogens with two attached hydrogens (primary N) is 1. The van der Waals surface area contributed by atoms with E-state index in [1.807, 2.05) is 31.2 Å². The van der Waals surface area contributed by atoms with Crippen LogP contribution in [0.15, 0.2) is 79.5 Å². The van der Waals surface area contributed by atoms with Gasteiger partial charge in [0.2, 0.25) is 17.7 Å². The standard InChI is InChI=1S/C30H24N4O3/c1-5-20-17-32-26-14-12-23(21-8-10-22(11-9-21)30(31)37)15-25(26)29(20)34(19(4)35)24-13-7-18(3)27(16-24)33-28(36)6-2/h1,6-17H,2H2,3-4H3,(H2,31,37)(H,33,36). The van der Waals surface area contributed by atoms with Crippen molar-refractivity contribution < 1.29 is 14.4 Å². The van der Waals surface area contributed by atoms with Crippen LogP contribution in [0.3, 0.4) is 0 Å². The molecule has 7 heteroatoms. The number of nitrogens with one attached hydrogen (secondary N) is 1. The molecule has 1 aromatic heterocycles. The maximum atomic E-state index is 13.1. The fraction of sp³-hybridized carbons (Fsp3) is 0.0667. The van der Waals surface area contributed by atoms with Crippen molar-refractivity contribution in [2.45, 2.75) is 13.8 Å². The predicted octanol–water partition coefficient (Wildman–Crippen LogP) is 5.10. The molecular formula is C30H24N4O3. The summed E-state index contributed by atoms with van der Waals surface area (Å²) in [5.41, 5.74) is 10.9. The average Bonchev–Trinajstić information content (AvgIpc) is 2.90. The van der Waals surface area contributed by atoms with Crippen molar-refractivity contribution in [3.05, 3.63) is 96.2 Å². The Hall–Kier alpha value is -5.22. The molecule has 0 saturated carbocycles. The van der Waals surface area contributed by atoms with E-state index in [1.54, 1.807) is 42.6 Å². The van der Waals surface area contributed by atoms with Crippen molar-refractivity contribution in [1.29, 1.82) is 0 Å². The van der Waals surface area contributed by atoms with E-state index in [0.717, 1.165) is 16.7 Å². The third kappa shape index (κ3) is 4.95. The van der Waals surface area contributed by atoms with Crippen LogP contribution in [-0.2, 0) is 9.59 Å². The average molecular weight is 489 g/mol. The summed E-state index contributed by atoms with van der Waals surface area (Å²) in [6.45, 7) is 6.79.